The fraction of sp³-hybridized carbons (Fsp3) is 0.375. The Bertz CT molecular complexity index is 1070. The van der Waals surface area contributed by atoms with Gasteiger partial charge in [-0.2, -0.15) is 4.31 Å². The van der Waals surface area contributed by atoms with Crippen LogP contribution in [0.4, 0.5) is 10.8 Å². The van der Waals surface area contributed by atoms with Crippen LogP contribution in [0.25, 0.3) is 0 Å². The molecular formula is C16H20N4O5S3. The summed E-state index contributed by atoms with van der Waals surface area (Å²) in [5.41, 5.74) is 0.782. The number of nitrogens with zero attached hydrogens (tertiary/aromatic N) is 2. The molecule has 1 aliphatic heterocycles. The summed E-state index contributed by atoms with van der Waals surface area (Å²) in [5, 5.41) is 4.42. The van der Waals surface area contributed by atoms with Gasteiger partial charge in [0.25, 0.3) is 0 Å². The number of amides is 1. The molecule has 9 nitrogen and oxygen atoms in total. The number of anilines is 2. The highest BCUT2D eigenvalue weighted by molar-refractivity contribution is 7.92. The average Bonchev–Trinajstić information content (AvgIpc) is 3.26. The van der Waals surface area contributed by atoms with Gasteiger partial charge in [0.05, 0.1) is 23.3 Å². The second-order valence-electron chi connectivity index (χ2n) is 6.38. The predicted molar refractivity (Wildman–Crippen MR) is 107 cm³/mol. The van der Waals surface area contributed by atoms with Crippen molar-refractivity contribution in [1.82, 2.24) is 9.29 Å². The third-order valence-corrected chi connectivity index (χ3v) is 7.38. The van der Waals surface area contributed by atoms with Crippen LogP contribution in [0.1, 0.15) is 18.5 Å². The summed E-state index contributed by atoms with van der Waals surface area (Å²) in [4.78, 5) is 16.4. The molecule has 12 heteroatoms. The Morgan fingerprint density at radius 1 is 1.21 bits per heavy atom. The Labute approximate surface area is 167 Å². The van der Waals surface area contributed by atoms with Gasteiger partial charge in [0.2, 0.25) is 26.0 Å². The molecule has 1 fully saturated rings. The van der Waals surface area contributed by atoms with Crippen molar-refractivity contribution in [3.05, 3.63) is 35.3 Å². The summed E-state index contributed by atoms with van der Waals surface area (Å²) in [6.45, 7) is 1.01. The van der Waals surface area contributed by atoms with Gasteiger partial charge >= 0.3 is 0 Å². The molecule has 2 heterocycles. The normalized spacial score (nSPS) is 15.5. The van der Waals surface area contributed by atoms with Crippen molar-refractivity contribution in [1.29, 1.82) is 0 Å². The van der Waals surface area contributed by atoms with Gasteiger partial charge in [0.15, 0.2) is 5.13 Å². The van der Waals surface area contributed by atoms with Crippen LogP contribution in [-0.4, -0.2) is 51.4 Å². The molecule has 1 aromatic heterocycles. The highest BCUT2D eigenvalue weighted by Gasteiger charge is 2.27. The third kappa shape index (κ3) is 5.28. The zero-order valence-corrected chi connectivity index (χ0v) is 17.5. The Morgan fingerprint density at radius 2 is 1.93 bits per heavy atom. The first kappa shape index (κ1) is 20.7. The predicted octanol–water partition coefficient (Wildman–Crippen LogP) is 1.48. The fourth-order valence-electron chi connectivity index (χ4n) is 2.78. The van der Waals surface area contributed by atoms with E-state index in [0.717, 1.165) is 30.4 Å². The lowest BCUT2D eigenvalue weighted by Gasteiger charge is -2.16. The van der Waals surface area contributed by atoms with E-state index in [2.05, 4.69) is 15.0 Å². The van der Waals surface area contributed by atoms with E-state index in [-0.39, 0.29) is 22.4 Å². The smallest absolute Gasteiger partial charge is 0.243 e. The Kier molecular flexibility index (Phi) is 6.03. The van der Waals surface area contributed by atoms with E-state index in [1.54, 1.807) is 17.5 Å². The second-order valence-corrected chi connectivity index (χ2v) is 10.9. The number of hydrogen-bond acceptors (Lipinski definition) is 7. The highest BCUT2D eigenvalue weighted by atomic mass is 32.2. The van der Waals surface area contributed by atoms with E-state index in [4.69, 9.17) is 0 Å². The molecule has 28 heavy (non-hydrogen) atoms. The number of aromatic nitrogens is 1. The molecule has 0 bridgehead atoms. The number of nitrogens with one attached hydrogen (secondary N) is 2. The molecule has 1 aliphatic rings. The van der Waals surface area contributed by atoms with Crippen LogP contribution in [0.15, 0.2) is 34.5 Å². The molecule has 0 unspecified atom stereocenters. The number of rotatable bonds is 7. The molecular weight excluding hydrogens is 424 g/mol. The van der Waals surface area contributed by atoms with Crippen molar-refractivity contribution in [3.8, 4) is 0 Å². The summed E-state index contributed by atoms with van der Waals surface area (Å²) >= 11 is 1.08. The van der Waals surface area contributed by atoms with Crippen LogP contribution in [-0.2, 0) is 31.3 Å². The summed E-state index contributed by atoms with van der Waals surface area (Å²) in [6.07, 6.45) is 2.65. The lowest BCUT2D eigenvalue weighted by Crippen LogP contribution is -2.28. The molecule has 3 rings (SSSR count). The van der Waals surface area contributed by atoms with Gasteiger partial charge < -0.3 is 5.32 Å². The number of sulfonamides is 2. The quantitative estimate of drug-likeness (QED) is 0.666. The molecule has 0 spiro atoms. The van der Waals surface area contributed by atoms with Gasteiger partial charge in [0, 0.05) is 24.2 Å². The Hall–Kier alpha value is -2.02. The monoisotopic (exact) mass is 444 g/mol. The van der Waals surface area contributed by atoms with Crippen molar-refractivity contribution < 1.29 is 21.6 Å². The number of hydrogen-bond donors (Lipinski definition) is 2. The molecule has 1 saturated heterocycles. The van der Waals surface area contributed by atoms with Crippen molar-refractivity contribution in [3.63, 3.8) is 0 Å². The molecule has 2 N–H and O–H groups in total. The highest BCUT2D eigenvalue weighted by Crippen LogP contribution is 2.23. The van der Waals surface area contributed by atoms with Crippen LogP contribution in [0.3, 0.4) is 0 Å². The molecule has 0 radical (unpaired) electrons. The van der Waals surface area contributed by atoms with E-state index < -0.39 is 20.0 Å². The minimum absolute atomic E-state index is 0.0644. The summed E-state index contributed by atoms with van der Waals surface area (Å²) < 4.78 is 51.4. The van der Waals surface area contributed by atoms with Gasteiger partial charge in [-0.1, -0.05) is 6.07 Å². The molecule has 0 saturated carbocycles. The zero-order valence-electron chi connectivity index (χ0n) is 15.1. The topological polar surface area (TPSA) is 126 Å². The first-order valence-corrected chi connectivity index (χ1v) is 12.7. The molecule has 1 amide bonds. The third-order valence-electron chi connectivity index (χ3n) is 3.99. The summed E-state index contributed by atoms with van der Waals surface area (Å²) in [6, 6.07) is 6.13. The van der Waals surface area contributed by atoms with Crippen LogP contribution >= 0.6 is 11.3 Å². The average molecular weight is 445 g/mol. The number of carbonyl (C=O) groups excluding carboxylic acids is 1. The maximum Gasteiger partial charge on any atom is 0.243 e. The van der Waals surface area contributed by atoms with Crippen molar-refractivity contribution in [2.24, 2.45) is 0 Å². The van der Waals surface area contributed by atoms with Crippen molar-refractivity contribution in [2.75, 3.05) is 29.4 Å². The maximum absolute atomic E-state index is 12.6. The van der Waals surface area contributed by atoms with Crippen molar-refractivity contribution >= 4 is 48.1 Å². The van der Waals surface area contributed by atoms with Crippen LogP contribution < -0.4 is 10.0 Å². The van der Waals surface area contributed by atoms with Crippen molar-refractivity contribution in [2.45, 2.75) is 24.2 Å². The SMILES string of the molecule is CS(=O)(=O)Nc1nc(CC(=O)Nc2cccc(S(=O)(=O)N3CCCC3)c2)cs1. The van der Waals surface area contributed by atoms with Crippen LogP contribution in [0.5, 0.6) is 0 Å². The maximum atomic E-state index is 12.6. The summed E-state index contributed by atoms with van der Waals surface area (Å²) in [7, 11) is -6.99. The van der Waals surface area contributed by atoms with E-state index in [1.807, 2.05) is 0 Å². The molecule has 2 aromatic rings. The lowest BCUT2D eigenvalue weighted by molar-refractivity contribution is -0.115. The van der Waals surface area contributed by atoms with Crippen LogP contribution in [0, 0.1) is 0 Å². The van der Waals surface area contributed by atoms with E-state index in [0.29, 0.717) is 24.5 Å². The fourth-order valence-corrected chi connectivity index (χ4v) is 5.90. The van der Waals surface area contributed by atoms with Gasteiger partial charge in [-0.25, -0.2) is 21.8 Å². The number of benzene rings is 1. The minimum Gasteiger partial charge on any atom is -0.326 e. The van der Waals surface area contributed by atoms with Crippen LogP contribution in [0.2, 0.25) is 0 Å². The van der Waals surface area contributed by atoms with E-state index >= 15 is 0 Å². The number of carbonyl (C=O) groups is 1. The number of thiazole rings is 1. The minimum atomic E-state index is -3.56. The van der Waals surface area contributed by atoms with E-state index in [9.17, 15) is 21.6 Å². The summed E-state index contributed by atoms with van der Waals surface area (Å²) in [5.74, 6) is -0.382. The van der Waals surface area contributed by atoms with Gasteiger partial charge in [-0.05, 0) is 31.0 Å². The molecule has 1 aromatic carbocycles. The van der Waals surface area contributed by atoms with Gasteiger partial charge in [0.1, 0.15) is 0 Å². The Morgan fingerprint density at radius 3 is 2.61 bits per heavy atom. The zero-order chi connectivity index (χ0) is 20.4. The molecule has 0 aliphatic carbocycles. The lowest BCUT2D eigenvalue weighted by atomic mass is 10.3. The first-order chi connectivity index (χ1) is 13.1. The van der Waals surface area contributed by atoms with Gasteiger partial charge in [-0.15, -0.1) is 11.3 Å². The standard InChI is InChI=1S/C16H20N4O5S3/c1-27(22,23)19-16-18-13(11-26-16)10-15(21)17-12-5-4-6-14(9-12)28(24,25)20-7-2-3-8-20/h4-6,9,11H,2-3,7-8,10H2,1H3,(H,17,21)(H,18,19). The molecule has 0 atom stereocenters. The molecule has 152 valence electrons. The Balaban J connectivity index is 1.66. The largest absolute Gasteiger partial charge is 0.326 e. The first-order valence-electron chi connectivity index (χ1n) is 8.46. The second kappa shape index (κ2) is 8.15. The van der Waals surface area contributed by atoms with Gasteiger partial charge in [-0.3, -0.25) is 9.52 Å². The van der Waals surface area contributed by atoms with E-state index in [1.165, 1.54) is 16.4 Å².